The molecular weight excluding hydrogens is 503 g/mol. The zero-order chi connectivity index (χ0) is 21.8. The minimum Gasteiger partial charge on any atom is -0.490 e. The largest absolute Gasteiger partial charge is 0.490 e. The van der Waals surface area contributed by atoms with Crippen molar-refractivity contribution in [3.8, 4) is 11.5 Å². The lowest BCUT2D eigenvalue weighted by molar-refractivity contribution is -0.384. The highest BCUT2D eigenvalue weighted by molar-refractivity contribution is 14.1. The van der Waals surface area contributed by atoms with E-state index in [1.165, 1.54) is 18.2 Å². The standard InChI is InChI=1S/C21H19IN2O6/c1-4-28-18-10-13(8-16(22)19(18)29-12(2)3)9-17-21(25)30-20(23-17)14-6-5-7-15(11-14)24(26)27/h5-12H,4H2,1-3H3/b17-9-. The van der Waals surface area contributed by atoms with Gasteiger partial charge in [-0.25, -0.2) is 9.79 Å². The van der Waals surface area contributed by atoms with E-state index in [0.717, 1.165) is 3.57 Å². The second kappa shape index (κ2) is 9.24. The zero-order valence-electron chi connectivity index (χ0n) is 16.5. The molecule has 0 atom stereocenters. The van der Waals surface area contributed by atoms with Crippen LogP contribution in [-0.4, -0.2) is 29.5 Å². The van der Waals surface area contributed by atoms with Gasteiger partial charge in [0, 0.05) is 17.7 Å². The van der Waals surface area contributed by atoms with Crippen LogP contribution in [-0.2, 0) is 9.53 Å². The molecule has 156 valence electrons. The van der Waals surface area contributed by atoms with Gasteiger partial charge in [-0.2, -0.15) is 0 Å². The third kappa shape index (κ3) is 4.96. The first-order valence-corrected chi connectivity index (χ1v) is 10.3. The Balaban J connectivity index is 1.97. The van der Waals surface area contributed by atoms with Crippen LogP contribution >= 0.6 is 22.6 Å². The van der Waals surface area contributed by atoms with Crippen molar-refractivity contribution in [3.63, 3.8) is 0 Å². The van der Waals surface area contributed by atoms with Gasteiger partial charge in [0.25, 0.3) is 5.69 Å². The molecule has 0 N–H and O–H groups in total. The number of rotatable bonds is 7. The third-order valence-electron chi connectivity index (χ3n) is 3.91. The van der Waals surface area contributed by atoms with Gasteiger partial charge in [-0.3, -0.25) is 10.1 Å². The highest BCUT2D eigenvalue weighted by atomic mass is 127. The van der Waals surface area contributed by atoms with Crippen molar-refractivity contribution in [2.45, 2.75) is 26.9 Å². The van der Waals surface area contributed by atoms with Crippen molar-refractivity contribution in [3.05, 3.63) is 66.9 Å². The summed E-state index contributed by atoms with van der Waals surface area (Å²) in [6.45, 7) is 6.20. The number of cyclic esters (lactones) is 1. The van der Waals surface area contributed by atoms with E-state index < -0.39 is 10.9 Å². The van der Waals surface area contributed by atoms with E-state index in [1.807, 2.05) is 26.8 Å². The number of nitro benzene ring substituents is 1. The number of carbonyl (C=O) groups excluding carboxylic acids is 1. The summed E-state index contributed by atoms with van der Waals surface area (Å²) < 4.78 is 17.6. The summed E-state index contributed by atoms with van der Waals surface area (Å²) in [5, 5.41) is 11.0. The van der Waals surface area contributed by atoms with Crippen LogP contribution in [0.25, 0.3) is 6.08 Å². The highest BCUT2D eigenvalue weighted by Gasteiger charge is 2.25. The Bertz CT molecular complexity index is 1060. The van der Waals surface area contributed by atoms with Crippen molar-refractivity contribution in [1.29, 1.82) is 0 Å². The van der Waals surface area contributed by atoms with Gasteiger partial charge in [0.1, 0.15) is 0 Å². The lowest BCUT2D eigenvalue weighted by atomic mass is 10.1. The number of benzene rings is 2. The van der Waals surface area contributed by atoms with Gasteiger partial charge < -0.3 is 14.2 Å². The van der Waals surface area contributed by atoms with Gasteiger partial charge >= 0.3 is 5.97 Å². The first-order valence-electron chi connectivity index (χ1n) is 9.19. The summed E-state index contributed by atoms with van der Waals surface area (Å²) in [4.78, 5) is 27.0. The van der Waals surface area contributed by atoms with E-state index in [-0.39, 0.29) is 23.4 Å². The van der Waals surface area contributed by atoms with E-state index in [0.29, 0.717) is 29.2 Å². The number of carbonyl (C=O) groups is 1. The van der Waals surface area contributed by atoms with Crippen LogP contribution < -0.4 is 9.47 Å². The molecule has 3 rings (SSSR count). The Morgan fingerprint density at radius 2 is 2.07 bits per heavy atom. The Hall–Kier alpha value is -2.95. The smallest absolute Gasteiger partial charge is 0.363 e. The fraction of sp³-hybridized carbons (Fsp3) is 0.238. The number of aliphatic imine (C=N–C) groups is 1. The molecule has 8 nitrogen and oxygen atoms in total. The minimum atomic E-state index is -0.632. The van der Waals surface area contributed by atoms with Crippen LogP contribution in [0.3, 0.4) is 0 Å². The van der Waals surface area contributed by atoms with Crippen LogP contribution in [0.5, 0.6) is 11.5 Å². The lowest BCUT2D eigenvalue weighted by Gasteiger charge is -2.16. The number of halogens is 1. The molecular formula is C21H19IN2O6. The maximum absolute atomic E-state index is 12.3. The second-order valence-corrected chi connectivity index (χ2v) is 7.74. The number of esters is 1. The fourth-order valence-electron chi connectivity index (χ4n) is 2.73. The average molecular weight is 522 g/mol. The molecule has 0 aliphatic carbocycles. The monoisotopic (exact) mass is 522 g/mol. The highest BCUT2D eigenvalue weighted by Crippen LogP contribution is 2.36. The van der Waals surface area contributed by atoms with Crippen LogP contribution in [0.2, 0.25) is 0 Å². The Labute approximate surface area is 186 Å². The van der Waals surface area contributed by atoms with Gasteiger partial charge in [-0.1, -0.05) is 6.07 Å². The number of non-ortho nitro benzene ring substituents is 1. The molecule has 1 heterocycles. The summed E-state index contributed by atoms with van der Waals surface area (Å²) in [7, 11) is 0. The Kier molecular flexibility index (Phi) is 6.70. The van der Waals surface area contributed by atoms with Crippen molar-refractivity contribution >= 4 is 46.2 Å². The SMILES string of the molecule is CCOc1cc(/C=C2\N=C(c3cccc([N+](=O)[O-])c3)OC2=O)cc(I)c1OC(C)C. The Morgan fingerprint density at radius 1 is 1.30 bits per heavy atom. The van der Waals surface area contributed by atoms with Crippen LogP contribution in [0.15, 0.2) is 47.1 Å². The molecule has 2 aromatic carbocycles. The van der Waals surface area contributed by atoms with Gasteiger partial charge in [-0.05, 0) is 73.2 Å². The average Bonchev–Trinajstić information content (AvgIpc) is 3.05. The molecule has 0 unspecified atom stereocenters. The Morgan fingerprint density at radius 3 is 2.73 bits per heavy atom. The van der Waals surface area contributed by atoms with Gasteiger partial charge in [0.2, 0.25) is 5.90 Å². The molecule has 1 aliphatic heterocycles. The van der Waals surface area contributed by atoms with E-state index in [1.54, 1.807) is 18.2 Å². The molecule has 1 aliphatic rings. The molecule has 2 aromatic rings. The van der Waals surface area contributed by atoms with Gasteiger partial charge in [0.05, 0.1) is 21.2 Å². The molecule has 0 aromatic heterocycles. The van der Waals surface area contributed by atoms with E-state index in [4.69, 9.17) is 14.2 Å². The van der Waals surface area contributed by atoms with E-state index in [9.17, 15) is 14.9 Å². The van der Waals surface area contributed by atoms with Crippen LogP contribution in [0.1, 0.15) is 31.9 Å². The second-order valence-electron chi connectivity index (χ2n) is 6.57. The molecule has 0 amide bonds. The lowest BCUT2D eigenvalue weighted by Crippen LogP contribution is -2.09. The maximum atomic E-state index is 12.3. The van der Waals surface area contributed by atoms with Crippen LogP contribution in [0, 0.1) is 13.7 Å². The quantitative estimate of drug-likeness (QED) is 0.171. The number of nitro groups is 1. The van der Waals surface area contributed by atoms with Gasteiger partial charge in [-0.15, -0.1) is 0 Å². The molecule has 0 saturated carbocycles. The summed E-state index contributed by atoms with van der Waals surface area (Å²) in [5.74, 6) is 0.602. The summed E-state index contributed by atoms with van der Waals surface area (Å²) >= 11 is 2.15. The summed E-state index contributed by atoms with van der Waals surface area (Å²) in [6.07, 6.45) is 1.56. The maximum Gasteiger partial charge on any atom is 0.363 e. The predicted octanol–water partition coefficient (Wildman–Crippen LogP) is 4.73. The predicted molar refractivity (Wildman–Crippen MR) is 120 cm³/mol. The molecule has 0 spiro atoms. The fourth-order valence-corrected chi connectivity index (χ4v) is 3.48. The normalized spacial score (nSPS) is 14.6. The number of hydrogen-bond donors (Lipinski definition) is 0. The number of nitrogens with zero attached hydrogens (tertiary/aromatic N) is 2. The zero-order valence-corrected chi connectivity index (χ0v) is 18.7. The topological polar surface area (TPSA) is 100 Å². The number of ether oxygens (including phenoxy) is 3. The third-order valence-corrected chi connectivity index (χ3v) is 4.71. The first-order chi connectivity index (χ1) is 14.3. The van der Waals surface area contributed by atoms with Gasteiger partial charge in [0.15, 0.2) is 17.2 Å². The molecule has 0 saturated heterocycles. The molecule has 30 heavy (non-hydrogen) atoms. The first kappa shape index (κ1) is 21.8. The summed E-state index contributed by atoms with van der Waals surface area (Å²) in [5.41, 5.74) is 1.02. The molecule has 0 fully saturated rings. The van der Waals surface area contributed by atoms with Crippen molar-refractivity contribution in [2.75, 3.05) is 6.61 Å². The minimum absolute atomic E-state index is 0.0196. The van der Waals surface area contributed by atoms with E-state index in [2.05, 4.69) is 27.6 Å². The molecule has 9 heteroatoms. The molecule has 0 bridgehead atoms. The summed E-state index contributed by atoms with van der Waals surface area (Å²) in [6, 6.07) is 9.39. The van der Waals surface area contributed by atoms with E-state index >= 15 is 0 Å². The van der Waals surface area contributed by atoms with Crippen molar-refractivity contribution in [2.24, 2.45) is 4.99 Å². The molecule has 0 radical (unpaired) electrons. The van der Waals surface area contributed by atoms with Crippen LogP contribution in [0.4, 0.5) is 5.69 Å². The number of hydrogen-bond acceptors (Lipinski definition) is 7. The van der Waals surface area contributed by atoms with Crippen molar-refractivity contribution in [1.82, 2.24) is 0 Å². The van der Waals surface area contributed by atoms with Crippen molar-refractivity contribution < 1.29 is 23.9 Å².